The van der Waals surface area contributed by atoms with Gasteiger partial charge in [0.25, 0.3) is 0 Å². The lowest BCUT2D eigenvalue weighted by Gasteiger charge is -1.98. The van der Waals surface area contributed by atoms with Gasteiger partial charge in [0.15, 0.2) is 0 Å². The molecule has 0 spiro atoms. The normalized spacial score (nSPS) is 10.8. The van der Waals surface area contributed by atoms with Crippen LogP contribution in [0.25, 0.3) is 22.3 Å². The molecule has 4 nitrogen and oxygen atoms in total. The molecule has 0 fully saturated rings. The summed E-state index contributed by atoms with van der Waals surface area (Å²) >= 11 is 0. The van der Waals surface area contributed by atoms with E-state index in [1.165, 1.54) is 0 Å². The fraction of sp³-hybridized carbons (Fsp3) is 0.133. The first-order valence-corrected chi connectivity index (χ1v) is 6.12. The van der Waals surface area contributed by atoms with Gasteiger partial charge in [-0.25, -0.2) is 0 Å². The first kappa shape index (κ1) is 11.7. The fourth-order valence-corrected chi connectivity index (χ4v) is 2.08. The van der Waals surface area contributed by atoms with Gasteiger partial charge in [0, 0.05) is 23.6 Å². The lowest BCUT2D eigenvalue weighted by molar-refractivity contribution is 0.415. The molecule has 0 amide bonds. The van der Waals surface area contributed by atoms with E-state index < -0.39 is 0 Å². The number of fused-ring (bicyclic) bond motifs is 1. The highest BCUT2D eigenvalue weighted by Gasteiger charge is 2.05. The molecule has 3 rings (SSSR count). The number of rotatable bonds is 3. The number of H-pyrrole nitrogens is 1. The molecule has 0 aliphatic carbocycles. The predicted molar refractivity (Wildman–Crippen MR) is 76.0 cm³/mol. The number of aromatic amines is 1. The van der Waals surface area contributed by atoms with Gasteiger partial charge < -0.3 is 15.5 Å². The molecule has 19 heavy (non-hydrogen) atoms. The molecule has 0 aliphatic heterocycles. The number of nitrogens with two attached hydrogens (primary N) is 1. The zero-order chi connectivity index (χ0) is 13.2. The van der Waals surface area contributed by atoms with Crippen LogP contribution >= 0.6 is 0 Å². The molecule has 1 aromatic carbocycles. The van der Waals surface area contributed by atoms with Crippen LogP contribution in [0.1, 0.15) is 5.56 Å². The van der Waals surface area contributed by atoms with E-state index >= 15 is 0 Å². The SMILES string of the molecule is COc1ccc2[nH]c(-c3ccc(CN)cn3)cc2c1. The maximum absolute atomic E-state index is 5.57. The second-order valence-electron chi connectivity index (χ2n) is 4.39. The quantitative estimate of drug-likeness (QED) is 0.754. The molecule has 4 heteroatoms. The van der Waals surface area contributed by atoms with E-state index in [2.05, 4.69) is 16.0 Å². The van der Waals surface area contributed by atoms with Gasteiger partial charge in [-0.1, -0.05) is 6.07 Å². The van der Waals surface area contributed by atoms with E-state index in [1.807, 2.05) is 30.3 Å². The largest absolute Gasteiger partial charge is 0.497 e. The van der Waals surface area contributed by atoms with Crippen LogP contribution in [0.2, 0.25) is 0 Å². The molecule has 96 valence electrons. The minimum Gasteiger partial charge on any atom is -0.497 e. The highest BCUT2D eigenvalue weighted by molar-refractivity contribution is 5.86. The van der Waals surface area contributed by atoms with Crippen molar-refractivity contribution in [1.82, 2.24) is 9.97 Å². The Bertz CT molecular complexity index is 701. The molecule has 2 aromatic heterocycles. The predicted octanol–water partition coefficient (Wildman–Crippen LogP) is 2.70. The van der Waals surface area contributed by atoms with Gasteiger partial charge in [-0.05, 0) is 35.9 Å². The van der Waals surface area contributed by atoms with E-state index in [9.17, 15) is 0 Å². The van der Waals surface area contributed by atoms with Crippen molar-refractivity contribution in [1.29, 1.82) is 0 Å². The van der Waals surface area contributed by atoms with Crippen molar-refractivity contribution in [2.45, 2.75) is 6.54 Å². The van der Waals surface area contributed by atoms with Crippen molar-refractivity contribution in [3.8, 4) is 17.1 Å². The smallest absolute Gasteiger partial charge is 0.119 e. The number of nitrogens with zero attached hydrogens (tertiary/aromatic N) is 1. The zero-order valence-corrected chi connectivity index (χ0v) is 10.7. The Kier molecular flexibility index (Phi) is 2.93. The van der Waals surface area contributed by atoms with Gasteiger partial charge in [0.1, 0.15) is 5.75 Å². The van der Waals surface area contributed by atoms with Crippen molar-refractivity contribution in [2.75, 3.05) is 7.11 Å². The Morgan fingerprint density at radius 2 is 2.11 bits per heavy atom. The van der Waals surface area contributed by atoms with Crippen molar-refractivity contribution in [2.24, 2.45) is 5.73 Å². The number of nitrogens with one attached hydrogen (secondary N) is 1. The number of pyridine rings is 1. The molecule has 0 bridgehead atoms. The third-order valence-electron chi connectivity index (χ3n) is 3.16. The first-order valence-electron chi connectivity index (χ1n) is 6.12. The molecule has 0 aliphatic rings. The maximum atomic E-state index is 5.57. The summed E-state index contributed by atoms with van der Waals surface area (Å²) in [4.78, 5) is 7.77. The summed E-state index contributed by atoms with van der Waals surface area (Å²) in [6.45, 7) is 0.511. The molecule has 3 N–H and O–H groups in total. The van der Waals surface area contributed by atoms with Crippen molar-refractivity contribution < 1.29 is 4.74 Å². The topological polar surface area (TPSA) is 63.9 Å². The minimum atomic E-state index is 0.511. The Hall–Kier alpha value is -2.33. The Labute approximate surface area is 111 Å². The van der Waals surface area contributed by atoms with E-state index in [1.54, 1.807) is 13.3 Å². The molecule has 0 unspecified atom stereocenters. The second kappa shape index (κ2) is 4.74. The van der Waals surface area contributed by atoms with E-state index in [0.29, 0.717) is 6.54 Å². The number of aromatic nitrogens is 2. The summed E-state index contributed by atoms with van der Waals surface area (Å²) in [5, 5.41) is 1.11. The molecule has 0 atom stereocenters. The van der Waals surface area contributed by atoms with Crippen molar-refractivity contribution >= 4 is 10.9 Å². The number of hydrogen-bond donors (Lipinski definition) is 2. The van der Waals surface area contributed by atoms with Gasteiger partial charge in [-0.15, -0.1) is 0 Å². The number of hydrogen-bond acceptors (Lipinski definition) is 3. The monoisotopic (exact) mass is 253 g/mol. The Balaban J connectivity index is 2.04. The molecule has 0 radical (unpaired) electrons. The number of ether oxygens (including phenoxy) is 1. The van der Waals surface area contributed by atoms with Crippen molar-refractivity contribution in [3.05, 3.63) is 48.2 Å². The van der Waals surface area contributed by atoms with Gasteiger partial charge in [-0.3, -0.25) is 4.98 Å². The third-order valence-corrected chi connectivity index (χ3v) is 3.16. The second-order valence-corrected chi connectivity index (χ2v) is 4.39. The Morgan fingerprint density at radius 1 is 1.21 bits per heavy atom. The summed E-state index contributed by atoms with van der Waals surface area (Å²) in [7, 11) is 1.67. The fourth-order valence-electron chi connectivity index (χ4n) is 2.08. The summed E-state index contributed by atoms with van der Waals surface area (Å²) < 4.78 is 5.22. The summed E-state index contributed by atoms with van der Waals surface area (Å²) in [6, 6.07) is 12.0. The summed E-state index contributed by atoms with van der Waals surface area (Å²) in [6.07, 6.45) is 1.81. The van der Waals surface area contributed by atoms with Crippen LogP contribution in [0.15, 0.2) is 42.6 Å². The average Bonchev–Trinajstić information content (AvgIpc) is 2.90. The molecule has 3 aromatic rings. The lowest BCUT2D eigenvalue weighted by Crippen LogP contribution is -1.96. The van der Waals surface area contributed by atoms with Gasteiger partial charge >= 0.3 is 0 Å². The molecular weight excluding hydrogens is 238 g/mol. The standard InChI is InChI=1S/C15H15N3O/c1-19-12-3-5-13-11(6-12)7-15(18-13)14-4-2-10(8-16)9-17-14/h2-7,9,18H,8,16H2,1H3. The van der Waals surface area contributed by atoms with Gasteiger partial charge in [-0.2, -0.15) is 0 Å². The van der Waals surface area contributed by atoms with Crippen LogP contribution in [0.4, 0.5) is 0 Å². The maximum Gasteiger partial charge on any atom is 0.119 e. The average molecular weight is 253 g/mol. The van der Waals surface area contributed by atoms with E-state index in [4.69, 9.17) is 10.5 Å². The van der Waals surface area contributed by atoms with Crippen molar-refractivity contribution in [3.63, 3.8) is 0 Å². The zero-order valence-electron chi connectivity index (χ0n) is 10.7. The summed E-state index contributed by atoms with van der Waals surface area (Å²) in [5.74, 6) is 0.851. The molecule has 0 saturated carbocycles. The third kappa shape index (κ3) is 2.18. The highest BCUT2D eigenvalue weighted by Crippen LogP contribution is 2.25. The van der Waals surface area contributed by atoms with Crippen LogP contribution in [0.5, 0.6) is 5.75 Å². The molecular formula is C15H15N3O. The highest BCUT2D eigenvalue weighted by atomic mass is 16.5. The molecule has 0 saturated heterocycles. The molecule has 2 heterocycles. The Morgan fingerprint density at radius 3 is 2.79 bits per heavy atom. The van der Waals surface area contributed by atoms with Crippen LogP contribution < -0.4 is 10.5 Å². The van der Waals surface area contributed by atoms with Crippen LogP contribution in [0, 0.1) is 0 Å². The van der Waals surface area contributed by atoms with Crippen LogP contribution in [-0.4, -0.2) is 17.1 Å². The number of benzene rings is 1. The van der Waals surface area contributed by atoms with E-state index in [-0.39, 0.29) is 0 Å². The minimum absolute atomic E-state index is 0.511. The van der Waals surface area contributed by atoms with Gasteiger partial charge in [0.2, 0.25) is 0 Å². The van der Waals surface area contributed by atoms with Crippen LogP contribution in [-0.2, 0) is 6.54 Å². The first-order chi connectivity index (χ1) is 9.30. The lowest BCUT2D eigenvalue weighted by atomic mass is 10.2. The van der Waals surface area contributed by atoms with E-state index in [0.717, 1.165) is 33.6 Å². The van der Waals surface area contributed by atoms with Gasteiger partial charge in [0.05, 0.1) is 18.5 Å². The number of methoxy groups -OCH3 is 1. The summed E-state index contributed by atoms with van der Waals surface area (Å²) in [5.41, 5.74) is 9.57. The van der Waals surface area contributed by atoms with Crippen LogP contribution in [0.3, 0.4) is 0 Å².